The van der Waals surface area contributed by atoms with Crippen molar-refractivity contribution in [3.8, 4) is 11.8 Å². The Hall–Kier alpha value is -2.91. The molecule has 0 atom stereocenters. The summed E-state index contributed by atoms with van der Waals surface area (Å²) < 4.78 is 6.34. The van der Waals surface area contributed by atoms with Crippen molar-refractivity contribution in [2.45, 2.75) is 59.5 Å². The molecule has 6 nitrogen and oxygen atoms in total. The number of rotatable bonds is 8. The van der Waals surface area contributed by atoms with E-state index >= 15 is 0 Å². The number of Topliss-reactive ketones (excluding diaryl/α,β-unsaturated/α-hetero) is 1. The molecule has 4 rings (SSSR count). The fourth-order valence-electron chi connectivity index (χ4n) is 6.39. The maximum absolute atomic E-state index is 13.2. The number of ketones is 1. The molecule has 0 N–H and O–H groups in total. The molecule has 2 aliphatic rings. The van der Waals surface area contributed by atoms with Gasteiger partial charge in [0, 0.05) is 54.6 Å². The first-order valence-electron chi connectivity index (χ1n) is 12.6. The molecule has 1 aliphatic heterocycles. The summed E-state index contributed by atoms with van der Waals surface area (Å²) >= 11 is 6.19. The molecule has 0 bridgehead atoms. The molecule has 2 fully saturated rings. The van der Waals surface area contributed by atoms with Crippen LogP contribution in [0.2, 0.25) is 5.02 Å². The van der Waals surface area contributed by atoms with E-state index in [0.717, 1.165) is 38.0 Å². The zero-order chi connectivity index (χ0) is 26.1. The van der Waals surface area contributed by atoms with Gasteiger partial charge >= 0.3 is 0 Å². The lowest BCUT2D eigenvalue weighted by Gasteiger charge is -2.63. The fourth-order valence-corrected chi connectivity index (χ4v) is 6.60. The molecule has 1 saturated heterocycles. The minimum absolute atomic E-state index is 0.0877. The van der Waals surface area contributed by atoms with E-state index in [1.165, 1.54) is 0 Å². The predicted molar refractivity (Wildman–Crippen MR) is 140 cm³/mol. The Labute approximate surface area is 218 Å². The second-order valence-electron chi connectivity index (χ2n) is 11.3. The van der Waals surface area contributed by atoms with Crippen molar-refractivity contribution in [1.82, 2.24) is 4.98 Å². The highest BCUT2D eigenvalue weighted by Gasteiger charge is 2.63. The second kappa shape index (κ2) is 10.2. The molecule has 1 aromatic heterocycles. The van der Waals surface area contributed by atoms with Gasteiger partial charge < -0.3 is 14.4 Å². The zero-order valence-electron chi connectivity index (χ0n) is 21.5. The van der Waals surface area contributed by atoms with Crippen molar-refractivity contribution >= 4 is 29.5 Å². The van der Waals surface area contributed by atoms with E-state index in [9.17, 15) is 9.59 Å². The lowest BCUT2D eigenvalue weighted by atomic mass is 9.44. The summed E-state index contributed by atoms with van der Waals surface area (Å²) in [4.78, 5) is 30.8. The molecule has 0 amide bonds. The number of carbonyl (C=O) groups excluding carboxylic acids is 2. The van der Waals surface area contributed by atoms with Gasteiger partial charge in [0.1, 0.15) is 30.0 Å². The maximum atomic E-state index is 13.2. The largest absolute Gasteiger partial charge is 0.489 e. The van der Waals surface area contributed by atoms with E-state index in [0.29, 0.717) is 40.7 Å². The van der Waals surface area contributed by atoms with Crippen LogP contribution in [0.1, 0.15) is 69.3 Å². The predicted octanol–water partition coefficient (Wildman–Crippen LogP) is 6.11. The minimum Gasteiger partial charge on any atom is -0.489 e. The number of nitrogens with zero attached hydrogens (tertiary/aromatic N) is 3. The Morgan fingerprint density at radius 3 is 2.44 bits per heavy atom. The van der Waals surface area contributed by atoms with E-state index in [4.69, 9.17) is 21.6 Å². The average Bonchev–Trinajstić information content (AvgIpc) is 2.86. The molecule has 2 aromatic rings. The number of hydrogen-bond donors (Lipinski definition) is 0. The molecule has 36 heavy (non-hydrogen) atoms. The molecule has 0 spiro atoms. The van der Waals surface area contributed by atoms with Crippen molar-refractivity contribution in [1.29, 1.82) is 5.26 Å². The van der Waals surface area contributed by atoms with Gasteiger partial charge in [-0.05, 0) is 48.9 Å². The van der Waals surface area contributed by atoms with Crippen molar-refractivity contribution < 1.29 is 14.3 Å². The molecule has 2 heterocycles. The standard InChI is InChI=1S/C29H34ClN3O3/c1-28(2)25(29(3,4)27(28)36-22-7-5-20(17-31)23(30)15-22)16-24(35)21-6-8-26(32-18-21)33-12-9-19(10-13-33)11-14-34/h5-8,14-15,18-19,25,27H,9-13,16H2,1-4H3. The van der Waals surface area contributed by atoms with Gasteiger partial charge in [-0.25, -0.2) is 4.98 Å². The third-order valence-electron chi connectivity index (χ3n) is 8.29. The molecule has 1 aliphatic carbocycles. The summed E-state index contributed by atoms with van der Waals surface area (Å²) in [5.41, 5.74) is 0.600. The molecular weight excluding hydrogens is 474 g/mol. The van der Waals surface area contributed by atoms with Crippen LogP contribution in [0, 0.1) is 34.0 Å². The molecule has 1 saturated carbocycles. The molecule has 0 radical (unpaired) electrons. The highest BCUT2D eigenvalue weighted by Crippen LogP contribution is 2.61. The molecule has 7 heteroatoms. The summed E-state index contributed by atoms with van der Waals surface area (Å²) in [6, 6.07) is 11.0. The smallest absolute Gasteiger partial charge is 0.164 e. The number of aromatic nitrogens is 1. The Balaban J connectivity index is 1.39. The number of nitriles is 1. The van der Waals surface area contributed by atoms with Gasteiger partial charge in [0.25, 0.3) is 0 Å². The summed E-state index contributed by atoms with van der Waals surface area (Å²) in [7, 11) is 0. The Morgan fingerprint density at radius 1 is 1.19 bits per heavy atom. The monoisotopic (exact) mass is 507 g/mol. The number of benzene rings is 1. The van der Waals surface area contributed by atoms with Crippen LogP contribution in [-0.2, 0) is 4.79 Å². The van der Waals surface area contributed by atoms with Crippen molar-refractivity contribution in [3.05, 3.63) is 52.7 Å². The first kappa shape index (κ1) is 26.2. The first-order valence-corrected chi connectivity index (χ1v) is 13.0. The number of ether oxygens (including phenoxy) is 1. The van der Waals surface area contributed by atoms with Gasteiger partial charge in [-0.15, -0.1) is 0 Å². The van der Waals surface area contributed by atoms with Crippen LogP contribution < -0.4 is 9.64 Å². The third-order valence-corrected chi connectivity index (χ3v) is 8.60. The van der Waals surface area contributed by atoms with Gasteiger partial charge in [0.15, 0.2) is 5.78 Å². The van der Waals surface area contributed by atoms with E-state index in [1.807, 2.05) is 12.1 Å². The van der Waals surface area contributed by atoms with Gasteiger partial charge in [-0.2, -0.15) is 5.26 Å². The second-order valence-corrected chi connectivity index (χ2v) is 11.7. The van der Waals surface area contributed by atoms with Crippen LogP contribution in [0.4, 0.5) is 5.82 Å². The van der Waals surface area contributed by atoms with Crippen LogP contribution >= 0.6 is 11.6 Å². The topological polar surface area (TPSA) is 83.3 Å². The van der Waals surface area contributed by atoms with Crippen LogP contribution in [0.15, 0.2) is 36.5 Å². The van der Waals surface area contributed by atoms with Crippen LogP contribution in [0.3, 0.4) is 0 Å². The zero-order valence-corrected chi connectivity index (χ0v) is 22.2. The van der Waals surface area contributed by atoms with Gasteiger partial charge in [0.05, 0.1) is 10.6 Å². The number of carbonyl (C=O) groups is 2. The Kier molecular flexibility index (Phi) is 7.43. The van der Waals surface area contributed by atoms with Gasteiger partial charge in [-0.3, -0.25) is 4.79 Å². The quantitative estimate of drug-likeness (QED) is 0.316. The molecular formula is C29H34ClN3O3. The van der Waals surface area contributed by atoms with E-state index in [2.05, 4.69) is 43.6 Å². The number of halogens is 1. The average molecular weight is 508 g/mol. The van der Waals surface area contributed by atoms with Crippen molar-refractivity contribution in [3.63, 3.8) is 0 Å². The number of hydrogen-bond acceptors (Lipinski definition) is 6. The third kappa shape index (κ3) is 4.99. The molecule has 1 aromatic carbocycles. The highest BCUT2D eigenvalue weighted by atomic mass is 35.5. The Bertz CT molecular complexity index is 1150. The number of anilines is 1. The number of aldehydes is 1. The van der Waals surface area contributed by atoms with Crippen molar-refractivity contribution in [2.75, 3.05) is 18.0 Å². The normalized spacial score (nSPS) is 22.8. The van der Waals surface area contributed by atoms with Gasteiger partial charge in [-0.1, -0.05) is 39.3 Å². The van der Waals surface area contributed by atoms with E-state index < -0.39 is 0 Å². The van der Waals surface area contributed by atoms with E-state index in [1.54, 1.807) is 24.4 Å². The van der Waals surface area contributed by atoms with Gasteiger partial charge in [0.2, 0.25) is 0 Å². The highest BCUT2D eigenvalue weighted by molar-refractivity contribution is 6.31. The lowest BCUT2D eigenvalue weighted by molar-refractivity contribution is -0.196. The molecule has 0 unspecified atom stereocenters. The Morgan fingerprint density at radius 2 is 1.89 bits per heavy atom. The number of pyridine rings is 1. The van der Waals surface area contributed by atoms with Crippen LogP contribution in [0.5, 0.6) is 5.75 Å². The first-order chi connectivity index (χ1) is 17.1. The lowest BCUT2D eigenvalue weighted by Crippen LogP contribution is -2.66. The van der Waals surface area contributed by atoms with Crippen LogP contribution in [0.25, 0.3) is 0 Å². The van der Waals surface area contributed by atoms with Crippen molar-refractivity contribution in [2.24, 2.45) is 22.7 Å². The molecule has 190 valence electrons. The summed E-state index contributed by atoms with van der Waals surface area (Å²) in [6.45, 7) is 10.3. The SMILES string of the molecule is CC1(C)C(CC(=O)c2ccc(N3CCC(CC=O)CC3)nc2)C(C)(C)C1Oc1ccc(C#N)c(Cl)c1. The van der Waals surface area contributed by atoms with E-state index in [-0.39, 0.29) is 28.6 Å². The summed E-state index contributed by atoms with van der Waals surface area (Å²) in [5, 5.41) is 9.48. The maximum Gasteiger partial charge on any atom is 0.164 e. The minimum atomic E-state index is -0.223. The fraction of sp³-hybridized carbons (Fsp3) is 0.517. The number of piperidine rings is 1. The summed E-state index contributed by atoms with van der Waals surface area (Å²) in [5.74, 6) is 2.20. The summed E-state index contributed by atoms with van der Waals surface area (Å²) in [6.07, 6.45) is 5.65. The van der Waals surface area contributed by atoms with Crippen LogP contribution in [-0.4, -0.2) is 36.2 Å².